The number of anilines is 2. The van der Waals surface area contributed by atoms with Crippen LogP contribution in [0.2, 0.25) is 0 Å². The maximum Gasteiger partial charge on any atom is 0.225 e. The number of hydrogen-bond acceptors (Lipinski definition) is 7. The number of aliphatic hydroxyl groups is 1. The van der Waals surface area contributed by atoms with E-state index in [1.807, 2.05) is 44.2 Å². The number of nitrogens with zero attached hydrogens (tertiary/aromatic N) is 3. The molecule has 136 valence electrons. The lowest BCUT2D eigenvalue weighted by atomic mass is 10.1. The van der Waals surface area contributed by atoms with Crippen molar-refractivity contribution < 1.29 is 9.52 Å². The Morgan fingerprint density at radius 1 is 1.19 bits per heavy atom. The summed E-state index contributed by atoms with van der Waals surface area (Å²) in [5, 5.41) is 16.1. The molecule has 3 aromatic heterocycles. The van der Waals surface area contributed by atoms with Crippen LogP contribution in [-0.4, -0.2) is 32.7 Å². The van der Waals surface area contributed by atoms with Gasteiger partial charge in [0.1, 0.15) is 11.6 Å². The Morgan fingerprint density at radius 2 is 2.08 bits per heavy atom. The summed E-state index contributed by atoms with van der Waals surface area (Å²) in [5.74, 6) is 2.18. The molecular formula is C19H23N5O2. The molecule has 1 atom stereocenters. The molecule has 0 amide bonds. The molecule has 0 saturated heterocycles. The number of aromatic nitrogens is 3. The molecule has 0 aliphatic rings. The average Bonchev–Trinajstić information content (AvgIpc) is 3.18. The summed E-state index contributed by atoms with van der Waals surface area (Å²) in [7, 11) is 0. The summed E-state index contributed by atoms with van der Waals surface area (Å²) in [5.41, 5.74) is 1.64. The van der Waals surface area contributed by atoms with Gasteiger partial charge < -0.3 is 20.2 Å². The van der Waals surface area contributed by atoms with Crippen LogP contribution >= 0.6 is 0 Å². The second-order valence-electron chi connectivity index (χ2n) is 6.31. The van der Waals surface area contributed by atoms with Crippen molar-refractivity contribution >= 4 is 11.8 Å². The van der Waals surface area contributed by atoms with Crippen molar-refractivity contribution in [1.82, 2.24) is 15.0 Å². The number of nitrogens with one attached hydrogen (secondary N) is 2. The van der Waals surface area contributed by atoms with Crippen LogP contribution < -0.4 is 10.6 Å². The Morgan fingerprint density at radius 3 is 2.73 bits per heavy atom. The maximum absolute atomic E-state index is 9.59. The van der Waals surface area contributed by atoms with Crippen LogP contribution in [0.5, 0.6) is 0 Å². The van der Waals surface area contributed by atoms with Gasteiger partial charge in [-0.15, -0.1) is 0 Å². The summed E-state index contributed by atoms with van der Waals surface area (Å²) in [6.45, 7) is 4.60. The molecule has 7 nitrogen and oxygen atoms in total. The second-order valence-corrected chi connectivity index (χ2v) is 6.31. The first-order valence-electron chi connectivity index (χ1n) is 8.59. The highest BCUT2D eigenvalue weighted by Gasteiger charge is 2.15. The van der Waals surface area contributed by atoms with Gasteiger partial charge in [0.05, 0.1) is 31.2 Å². The van der Waals surface area contributed by atoms with Crippen molar-refractivity contribution in [3.8, 4) is 11.3 Å². The lowest BCUT2D eigenvalue weighted by molar-refractivity contribution is 0.248. The van der Waals surface area contributed by atoms with Crippen LogP contribution in [0.1, 0.15) is 19.6 Å². The summed E-state index contributed by atoms with van der Waals surface area (Å²) >= 11 is 0. The van der Waals surface area contributed by atoms with Gasteiger partial charge in [-0.3, -0.25) is 4.98 Å². The summed E-state index contributed by atoms with van der Waals surface area (Å²) < 4.78 is 5.35. The van der Waals surface area contributed by atoms with Gasteiger partial charge in [0.25, 0.3) is 0 Å². The molecule has 0 spiro atoms. The molecule has 7 heteroatoms. The summed E-state index contributed by atoms with van der Waals surface area (Å²) in [4.78, 5) is 13.3. The van der Waals surface area contributed by atoms with Crippen molar-refractivity contribution in [3.05, 3.63) is 54.7 Å². The molecule has 26 heavy (non-hydrogen) atoms. The minimum atomic E-state index is -0.128. The molecule has 0 aromatic carbocycles. The van der Waals surface area contributed by atoms with Crippen LogP contribution in [0.15, 0.2) is 53.4 Å². The smallest absolute Gasteiger partial charge is 0.225 e. The highest BCUT2D eigenvalue weighted by molar-refractivity contribution is 5.63. The highest BCUT2D eigenvalue weighted by atomic mass is 16.3. The Kier molecular flexibility index (Phi) is 5.80. The maximum atomic E-state index is 9.59. The van der Waals surface area contributed by atoms with Gasteiger partial charge in [0, 0.05) is 24.0 Å². The van der Waals surface area contributed by atoms with E-state index in [0.29, 0.717) is 18.3 Å². The van der Waals surface area contributed by atoms with Crippen molar-refractivity contribution in [2.24, 2.45) is 5.92 Å². The quantitative estimate of drug-likeness (QED) is 0.572. The monoisotopic (exact) mass is 353 g/mol. The van der Waals surface area contributed by atoms with Crippen LogP contribution in [0.4, 0.5) is 11.8 Å². The molecular weight excluding hydrogens is 330 g/mol. The molecule has 0 radical (unpaired) electrons. The predicted molar refractivity (Wildman–Crippen MR) is 101 cm³/mol. The molecule has 0 fully saturated rings. The second kappa shape index (κ2) is 8.44. The van der Waals surface area contributed by atoms with E-state index in [4.69, 9.17) is 4.42 Å². The number of aliphatic hydroxyl groups excluding tert-OH is 1. The molecule has 0 saturated carbocycles. The zero-order valence-corrected chi connectivity index (χ0v) is 14.9. The molecule has 0 unspecified atom stereocenters. The van der Waals surface area contributed by atoms with Crippen LogP contribution in [0.3, 0.4) is 0 Å². The lowest BCUT2D eigenvalue weighted by Gasteiger charge is -2.20. The fourth-order valence-electron chi connectivity index (χ4n) is 2.44. The topological polar surface area (TPSA) is 96.1 Å². The largest absolute Gasteiger partial charge is 0.467 e. The fraction of sp³-hybridized carbons (Fsp3) is 0.316. The van der Waals surface area contributed by atoms with Crippen LogP contribution in [0, 0.1) is 5.92 Å². The third kappa shape index (κ3) is 4.58. The van der Waals surface area contributed by atoms with Gasteiger partial charge in [-0.25, -0.2) is 4.98 Å². The molecule has 3 aromatic rings. The SMILES string of the molecule is CC(C)[C@@H](CO)Nc1nc(NCc2ccco2)cc(-c2cccnc2)n1. The number of hydrogen-bond donors (Lipinski definition) is 3. The van der Waals surface area contributed by atoms with Crippen LogP contribution in [-0.2, 0) is 6.54 Å². The zero-order chi connectivity index (χ0) is 18.4. The van der Waals surface area contributed by atoms with E-state index in [1.165, 1.54) is 0 Å². The van der Waals surface area contributed by atoms with Gasteiger partial charge >= 0.3 is 0 Å². The lowest BCUT2D eigenvalue weighted by Crippen LogP contribution is -2.30. The first-order chi connectivity index (χ1) is 12.7. The van der Waals surface area contributed by atoms with E-state index < -0.39 is 0 Å². The first kappa shape index (κ1) is 17.9. The van der Waals surface area contributed by atoms with Gasteiger partial charge in [0.2, 0.25) is 5.95 Å². The summed E-state index contributed by atoms with van der Waals surface area (Å²) in [6, 6.07) is 9.30. The van der Waals surface area contributed by atoms with Crippen molar-refractivity contribution in [2.75, 3.05) is 17.2 Å². The normalized spacial score (nSPS) is 12.2. The molecule has 3 rings (SSSR count). The Labute approximate surface area is 152 Å². The molecule has 0 aliphatic carbocycles. The van der Waals surface area contributed by atoms with Gasteiger partial charge in [-0.05, 0) is 30.2 Å². The third-order valence-electron chi connectivity index (χ3n) is 4.02. The third-order valence-corrected chi connectivity index (χ3v) is 4.02. The molecule has 0 aliphatic heterocycles. The average molecular weight is 353 g/mol. The molecule has 3 heterocycles. The van der Waals surface area contributed by atoms with Gasteiger partial charge in [-0.1, -0.05) is 13.8 Å². The number of rotatable bonds is 8. The van der Waals surface area contributed by atoms with E-state index >= 15 is 0 Å². The van der Waals surface area contributed by atoms with Crippen molar-refractivity contribution in [3.63, 3.8) is 0 Å². The van der Waals surface area contributed by atoms with E-state index in [-0.39, 0.29) is 18.6 Å². The van der Waals surface area contributed by atoms with E-state index in [2.05, 4.69) is 25.6 Å². The first-order valence-corrected chi connectivity index (χ1v) is 8.59. The fourth-order valence-corrected chi connectivity index (χ4v) is 2.44. The Hall–Kier alpha value is -2.93. The Bertz CT molecular complexity index is 806. The summed E-state index contributed by atoms with van der Waals surface area (Å²) in [6.07, 6.45) is 5.12. The van der Waals surface area contributed by atoms with Crippen LogP contribution in [0.25, 0.3) is 11.3 Å². The number of furan rings is 1. The Balaban J connectivity index is 1.88. The number of pyridine rings is 1. The van der Waals surface area contributed by atoms with Gasteiger partial charge in [0.15, 0.2) is 0 Å². The van der Waals surface area contributed by atoms with E-state index in [9.17, 15) is 5.11 Å². The standard InChI is InChI=1S/C19H23N5O2/c1-13(2)17(12-25)23-19-22-16(14-5-3-7-20-10-14)9-18(24-19)21-11-15-6-4-8-26-15/h3-10,13,17,25H,11-12H2,1-2H3,(H2,21,22,23,24)/t17-/m1/s1. The van der Waals surface area contributed by atoms with Gasteiger partial charge in [-0.2, -0.15) is 4.98 Å². The zero-order valence-electron chi connectivity index (χ0n) is 14.9. The predicted octanol–water partition coefficient (Wildman–Crippen LogP) is 3.17. The highest BCUT2D eigenvalue weighted by Crippen LogP contribution is 2.22. The minimum absolute atomic E-state index is 0.00725. The van der Waals surface area contributed by atoms with Crippen molar-refractivity contribution in [2.45, 2.75) is 26.4 Å². The minimum Gasteiger partial charge on any atom is -0.467 e. The van der Waals surface area contributed by atoms with E-state index in [0.717, 1.165) is 17.0 Å². The molecule has 3 N–H and O–H groups in total. The van der Waals surface area contributed by atoms with E-state index in [1.54, 1.807) is 18.7 Å². The van der Waals surface area contributed by atoms with Crippen molar-refractivity contribution in [1.29, 1.82) is 0 Å². The molecule has 0 bridgehead atoms.